The molecule has 10 heteroatoms. The minimum atomic E-state index is -4.11. The lowest BCUT2D eigenvalue weighted by Gasteiger charge is -2.24. The normalized spacial score (nSPS) is 10.9. The molecule has 0 saturated carbocycles. The quantitative estimate of drug-likeness (QED) is 0.387. The van der Waals surface area contributed by atoms with Crippen LogP contribution >= 0.6 is 0 Å². The Kier molecular flexibility index (Phi) is 7.06. The second-order valence-corrected chi connectivity index (χ2v) is 8.47. The molecule has 0 fully saturated rings. The maximum Gasteiger partial charge on any atom is 0.269 e. The zero-order valence-corrected chi connectivity index (χ0v) is 18.0. The summed E-state index contributed by atoms with van der Waals surface area (Å²) in [5.41, 5.74) is 0.377. The van der Waals surface area contributed by atoms with Crippen molar-refractivity contribution in [1.29, 1.82) is 0 Å². The SMILES string of the molecule is CCOc1cccc(NC(=O)CN(c2ccc([N+](=O)[O-])cc2)S(=O)(=O)c2ccccc2)c1. The van der Waals surface area contributed by atoms with E-state index in [9.17, 15) is 23.3 Å². The number of nitro groups is 1. The van der Waals surface area contributed by atoms with Crippen LogP contribution in [0.5, 0.6) is 5.75 Å². The molecule has 0 unspecified atom stereocenters. The number of hydrogen-bond acceptors (Lipinski definition) is 6. The Hall–Kier alpha value is -3.92. The average molecular weight is 455 g/mol. The summed E-state index contributed by atoms with van der Waals surface area (Å²) in [6.07, 6.45) is 0. The molecule has 1 amide bonds. The largest absolute Gasteiger partial charge is 0.494 e. The highest BCUT2D eigenvalue weighted by Gasteiger charge is 2.27. The van der Waals surface area contributed by atoms with E-state index in [2.05, 4.69) is 5.32 Å². The molecule has 0 radical (unpaired) electrons. The van der Waals surface area contributed by atoms with Crippen LogP contribution in [0.2, 0.25) is 0 Å². The molecule has 0 aliphatic carbocycles. The molecule has 3 aromatic carbocycles. The average Bonchev–Trinajstić information content (AvgIpc) is 2.78. The van der Waals surface area contributed by atoms with Crippen LogP contribution in [0.4, 0.5) is 17.1 Å². The van der Waals surface area contributed by atoms with E-state index in [1.807, 2.05) is 6.92 Å². The number of carbonyl (C=O) groups is 1. The Labute approximate surface area is 185 Å². The predicted octanol–water partition coefficient (Wildman–Crippen LogP) is 3.83. The molecular formula is C22H21N3O6S. The van der Waals surface area contributed by atoms with Crippen LogP contribution in [0.15, 0.2) is 83.8 Å². The van der Waals surface area contributed by atoms with Gasteiger partial charge in [0, 0.05) is 23.9 Å². The summed E-state index contributed by atoms with van der Waals surface area (Å²) in [7, 11) is -4.11. The van der Waals surface area contributed by atoms with Crippen molar-refractivity contribution in [1.82, 2.24) is 0 Å². The van der Waals surface area contributed by atoms with E-state index >= 15 is 0 Å². The predicted molar refractivity (Wildman–Crippen MR) is 120 cm³/mol. The first kappa shape index (κ1) is 22.8. The molecule has 1 N–H and O–H groups in total. The van der Waals surface area contributed by atoms with Crippen LogP contribution in [0.1, 0.15) is 6.92 Å². The summed E-state index contributed by atoms with van der Waals surface area (Å²) in [5.74, 6) is -0.0223. The second kappa shape index (κ2) is 9.92. The van der Waals surface area contributed by atoms with Gasteiger partial charge in [0.1, 0.15) is 12.3 Å². The molecule has 0 heterocycles. The number of anilines is 2. The number of non-ortho nitro benzene ring substituents is 1. The fourth-order valence-corrected chi connectivity index (χ4v) is 4.38. The third-order valence-corrected chi connectivity index (χ3v) is 6.18. The summed E-state index contributed by atoms with van der Waals surface area (Å²) < 4.78 is 32.9. The first-order valence-corrected chi connectivity index (χ1v) is 11.1. The van der Waals surface area contributed by atoms with E-state index in [1.165, 1.54) is 36.4 Å². The molecule has 0 spiro atoms. The van der Waals surface area contributed by atoms with Crippen LogP contribution in [0.25, 0.3) is 0 Å². The van der Waals surface area contributed by atoms with Crippen molar-refractivity contribution < 1.29 is 22.9 Å². The maximum atomic E-state index is 13.3. The molecule has 0 aliphatic heterocycles. The van der Waals surface area contributed by atoms with Gasteiger partial charge in [-0.2, -0.15) is 0 Å². The molecule has 0 saturated heterocycles. The lowest BCUT2D eigenvalue weighted by molar-refractivity contribution is -0.384. The van der Waals surface area contributed by atoms with Crippen LogP contribution < -0.4 is 14.4 Å². The Morgan fingerprint density at radius 2 is 1.72 bits per heavy atom. The third-order valence-electron chi connectivity index (χ3n) is 4.40. The molecular weight excluding hydrogens is 434 g/mol. The van der Waals surface area contributed by atoms with E-state index < -0.39 is 27.4 Å². The van der Waals surface area contributed by atoms with Crippen molar-refractivity contribution in [3.05, 3.63) is 89.0 Å². The summed E-state index contributed by atoms with van der Waals surface area (Å²) in [5, 5.41) is 13.6. The van der Waals surface area contributed by atoms with Crippen LogP contribution in [-0.2, 0) is 14.8 Å². The van der Waals surface area contributed by atoms with Crippen LogP contribution in [0, 0.1) is 10.1 Å². The van der Waals surface area contributed by atoms with Crippen molar-refractivity contribution in [2.24, 2.45) is 0 Å². The first-order chi connectivity index (χ1) is 15.3. The number of nitro benzene ring substituents is 1. The number of amides is 1. The highest BCUT2D eigenvalue weighted by molar-refractivity contribution is 7.92. The molecule has 0 bridgehead atoms. The number of ether oxygens (including phenoxy) is 1. The van der Waals surface area contributed by atoms with Gasteiger partial charge in [-0.05, 0) is 43.3 Å². The summed E-state index contributed by atoms with van der Waals surface area (Å²) >= 11 is 0. The fourth-order valence-electron chi connectivity index (χ4n) is 2.94. The van der Waals surface area contributed by atoms with E-state index in [0.29, 0.717) is 18.0 Å². The number of benzene rings is 3. The summed E-state index contributed by atoms with van der Waals surface area (Å²) in [6, 6.07) is 19.3. The smallest absolute Gasteiger partial charge is 0.269 e. The molecule has 0 aromatic heterocycles. The molecule has 166 valence electrons. The van der Waals surface area contributed by atoms with Crippen LogP contribution in [0.3, 0.4) is 0 Å². The highest BCUT2D eigenvalue weighted by atomic mass is 32.2. The molecule has 9 nitrogen and oxygen atoms in total. The Bertz CT molecular complexity index is 1200. The van der Waals surface area contributed by atoms with Gasteiger partial charge in [0.15, 0.2) is 0 Å². The van der Waals surface area contributed by atoms with Gasteiger partial charge in [0.2, 0.25) is 5.91 Å². The number of sulfonamides is 1. The molecule has 0 aliphatic rings. The van der Waals surface area contributed by atoms with Gasteiger partial charge in [0.25, 0.3) is 15.7 Å². The van der Waals surface area contributed by atoms with Gasteiger partial charge in [-0.1, -0.05) is 24.3 Å². The third kappa shape index (κ3) is 5.41. The lowest BCUT2D eigenvalue weighted by Crippen LogP contribution is -2.38. The van der Waals surface area contributed by atoms with Crippen LogP contribution in [-0.4, -0.2) is 32.4 Å². The molecule has 3 aromatic rings. The maximum absolute atomic E-state index is 13.3. The Balaban J connectivity index is 1.91. The number of nitrogens with zero attached hydrogens (tertiary/aromatic N) is 2. The molecule has 0 atom stereocenters. The van der Waals surface area contributed by atoms with Gasteiger partial charge in [0.05, 0.1) is 22.1 Å². The van der Waals surface area contributed by atoms with E-state index in [1.54, 1.807) is 42.5 Å². The van der Waals surface area contributed by atoms with Crippen molar-refractivity contribution in [2.45, 2.75) is 11.8 Å². The number of carbonyl (C=O) groups excluding carboxylic acids is 1. The van der Waals surface area contributed by atoms with Crippen molar-refractivity contribution in [3.8, 4) is 5.75 Å². The lowest BCUT2D eigenvalue weighted by atomic mass is 10.3. The number of nitrogens with one attached hydrogen (secondary N) is 1. The number of rotatable bonds is 9. The van der Waals surface area contributed by atoms with Gasteiger partial charge in [-0.25, -0.2) is 8.42 Å². The zero-order valence-electron chi connectivity index (χ0n) is 17.2. The van der Waals surface area contributed by atoms with Crippen molar-refractivity contribution in [3.63, 3.8) is 0 Å². The molecule has 3 rings (SSSR count). The van der Waals surface area contributed by atoms with Gasteiger partial charge < -0.3 is 10.1 Å². The van der Waals surface area contributed by atoms with E-state index in [0.717, 1.165) is 4.31 Å². The zero-order chi connectivity index (χ0) is 23.1. The van der Waals surface area contributed by atoms with Gasteiger partial charge in [-0.3, -0.25) is 19.2 Å². The fraction of sp³-hybridized carbons (Fsp3) is 0.136. The topological polar surface area (TPSA) is 119 Å². The molecule has 32 heavy (non-hydrogen) atoms. The summed E-state index contributed by atoms with van der Waals surface area (Å²) in [6.45, 7) is 1.76. The van der Waals surface area contributed by atoms with Gasteiger partial charge in [-0.15, -0.1) is 0 Å². The highest BCUT2D eigenvalue weighted by Crippen LogP contribution is 2.26. The van der Waals surface area contributed by atoms with Crippen molar-refractivity contribution >= 4 is 33.0 Å². The summed E-state index contributed by atoms with van der Waals surface area (Å²) in [4.78, 5) is 23.1. The second-order valence-electron chi connectivity index (χ2n) is 6.61. The Morgan fingerprint density at radius 1 is 1.03 bits per heavy atom. The van der Waals surface area contributed by atoms with E-state index in [4.69, 9.17) is 4.74 Å². The number of hydrogen-bond donors (Lipinski definition) is 1. The minimum absolute atomic E-state index is 0.00973. The van der Waals surface area contributed by atoms with E-state index in [-0.39, 0.29) is 16.3 Å². The first-order valence-electron chi connectivity index (χ1n) is 9.66. The van der Waals surface area contributed by atoms with Crippen molar-refractivity contribution in [2.75, 3.05) is 22.8 Å². The minimum Gasteiger partial charge on any atom is -0.494 e. The standard InChI is InChI=1S/C22H21N3O6S/c1-2-31-20-8-6-7-17(15-20)23-22(26)16-24(18-11-13-19(14-12-18)25(27)28)32(29,30)21-9-4-3-5-10-21/h3-15H,2,16H2,1H3,(H,23,26). The van der Waals surface area contributed by atoms with Gasteiger partial charge >= 0.3 is 0 Å². The Morgan fingerprint density at radius 3 is 2.34 bits per heavy atom. The monoisotopic (exact) mass is 455 g/mol.